The number of hydrogen-bond donors (Lipinski definition) is 1. The molecule has 24 heavy (non-hydrogen) atoms. The summed E-state index contributed by atoms with van der Waals surface area (Å²) in [5, 5.41) is 21.8. The minimum Gasteiger partial charge on any atom is -0.530 e. The molecule has 1 heterocycles. The van der Waals surface area contributed by atoms with Crippen molar-refractivity contribution in [2.45, 2.75) is 18.4 Å². The molecule has 4 nitrogen and oxygen atoms in total. The van der Waals surface area contributed by atoms with Gasteiger partial charge in [0.15, 0.2) is 0 Å². The van der Waals surface area contributed by atoms with Crippen molar-refractivity contribution in [2.24, 2.45) is 5.92 Å². The summed E-state index contributed by atoms with van der Waals surface area (Å²) in [6.07, 6.45) is -1.50. The lowest BCUT2D eigenvalue weighted by Gasteiger charge is -2.43. The number of aliphatic hydroxyl groups excluding tert-OH is 1. The Labute approximate surface area is 140 Å². The first kappa shape index (κ1) is 16.5. The zero-order valence-corrected chi connectivity index (χ0v) is 13.1. The fraction of sp³-hybridized carbons (Fsp3) is 0.316. The molecule has 3 rings (SSSR count). The molecule has 1 saturated heterocycles. The van der Waals surface area contributed by atoms with E-state index in [1.54, 1.807) is 12.1 Å². The molecule has 5 heteroatoms. The molecule has 1 fully saturated rings. The van der Waals surface area contributed by atoms with E-state index in [0.29, 0.717) is 6.42 Å². The normalized spacial score (nSPS) is 23.9. The summed E-state index contributed by atoms with van der Waals surface area (Å²) in [7, 11) is 0. The van der Waals surface area contributed by atoms with E-state index in [4.69, 9.17) is 0 Å². The summed E-state index contributed by atoms with van der Waals surface area (Å²) in [5.41, 5.74) is 1.89. The Morgan fingerprint density at radius 1 is 1.12 bits per heavy atom. The molecule has 0 bridgehead atoms. The van der Waals surface area contributed by atoms with E-state index in [-0.39, 0.29) is 30.7 Å². The number of nitrogens with zero attached hydrogens (tertiary/aromatic N) is 1. The van der Waals surface area contributed by atoms with Gasteiger partial charge in [0.1, 0.15) is 11.9 Å². The number of hydrogen-bond acceptors (Lipinski definition) is 3. The lowest BCUT2D eigenvalue weighted by Crippen LogP contribution is -2.54. The molecule has 2 aromatic rings. The first-order valence-electron chi connectivity index (χ1n) is 7.98. The number of likely N-dealkylation sites (tertiary alicyclic amines) is 1. The number of benzene rings is 2. The molecule has 3 atom stereocenters. The molecular formula is C19H19FNO3-. The largest absolute Gasteiger partial charge is 0.530 e. The van der Waals surface area contributed by atoms with Gasteiger partial charge in [-0.2, -0.15) is 0 Å². The average molecular weight is 328 g/mol. The van der Waals surface area contributed by atoms with Gasteiger partial charge >= 0.3 is 0 Å². The van der Waals surface area contributed by atoms with Crippen molar-refractivity contribution in [3.8, 4) is 0 Å². The minimum absolute atomic E-state index is 0.00959. The van der Waals surface area contributed by atoms with Crippen LogP contribution in [0.3, 0.4) is 0 Å². The Morgan fingerprint density at radius 2 is 1.79 bits per heavy atom. The summed E-state index contributed by atoms with van der Waals surface area (Å²) < 4.78 is 13.2. The highest BCUT2D eigenvalue weighted by molar-refractivity contribution is 5.62. The van der Waals surface area contributed by atoms with Gasteiger partial charge in [-0.1, -0.05) is 42.5 Å². The van der Waals surface area contributed by atoms with Crippen LogP contribution in [0, 0.1) is 11.7 Å². The van der Waals surface area contributed by atoms with Crippen molar-refractivity contribution >= 4 is 6.09 Å². The zero-order valence-electron chi connectivity index (χ0n) is 13.1. The molecule has 1 aliphatic rings. The molecule has 0 radical (unpaired) electrons. The quantitative estimate of drug-likeness (QED) is 0.934. The second-order valence-corrected chi connectivity index (χ2v) is 6.27. The summed E-state index contributed by atoms with van der Waals surface area (Å²) in [4.78, 5) is 12.4. The maximum atomic E-state index is 13.2. The standard InChI is InChI=1S/C19H20FNO3/c20-16-8-6-14(7-9-16)18-15(10-13-4-2-1-3-5-13)11-21(19(23)24)12-17(18)22/h1-9,15,17-18,22H,10-12H2,(H,23,24)/p-1. The highest BCUT2D eigenvalue weighted by Crippen LogP contribution is 2.35. The highest BCUT2D eigenvalue weighted by atomic mass is 19.1. The molecule has 0 saturated carbocycles. The third-order valence-corrected chi connectivity index (χ3v) is 4.64. The maximum absolute atomic E-state index is 13.2. The van der Waals surface area contributed by atoms with Crippen LogP contribution in [-0.2, 0) is 6.42 Å². The van der Waals surface area contributed by atoms with E-state index in [0.717, 1.165) is 16.0 Å². The van der Waals surface area contributed by atoms with Gasteiger partial charge in [0.25, 0.3) is 0 Å². The fourth-order valence-corrected chi connectivity index (χ4v) is 3.56. The Balaban J connectivity index is 1.90. The van der Waals surface area contributed by atoms with Crippen molar-refractivity contribution in [3.63, 3.8) is 0 Å². The zero-order chi connectivity index (χ0) is 17.1. The van der Waals surface area contributed by atoms with Gasteiger partial charge in [0.2, 0.25) is 0 Å². The highest BCUT2D eigenvalue weighted by Gasteiger charge is 2.37. The maximum Gasteiger partial charge on any atom is 0.137 e. The Hall–Kier alpha value is -2.40. The molecular weight excluding hydrogens is 309 g/mol. The number of β-amino-alcohol motifs (C(OH)–C–C–N with tert-alkyl or cyclic N) is 1. The van der Waals surface area contributed by atoms with Crippen molar-refractivity contribution < 1.29 is 19.4 Å². The second-order valence-electron chi connectivity index (χ2n) is 6.27. The lowest BCUT2D eigenvalue weighted by molar-refractivity contribution is -0.269. The van der Waals surface area contributed by atoms with Crippen molar-refractivity contribution in [1.82, 2.24) is 4.90 Å². The van der Waals surface area contributed by atoms with Gasteiger partial charge in [-0.15, -0.1) is 0 Å². The summed E-state index contributed by atoms with van der Waals surface area (Å²) in [6.45, 7) is 0.298. The van der Waals surface area contributed by atoms with Gasteiger partial charge in [-0.25, -0.2) is 4.39 Å². The Kier molecular flexibility index (Phi) is 4.81. The van der Waals surface area contributed by atoms with Crippen LogP contribution in [0.1, 0.15) is 17.0 Å². The summed E-state index contributed by atoms with van der Waals surface area (Å²) in [6, 6.07) is 15.8. The number of aliphatic hydroxyl groups is 1. The van der Waals surface area contributed by atoms with Crippen LogP contribution in [0.25, 0.3) is 0 Å². The molecule has 126 valence electrons. The average Bonchev–Trinajstić information content (AvgIpc) is 2.57. The van der Waals surface area contributed by atoms with Crippen molar-refractivity contribution in [1.29, 1.82) is 0 Å². The third-order valence-electron chi connectivity index (χ3n) is 4.64. The lowest BCUT2D eigenvalue weighted by atomic mass is 9.76. The summed E-state index contributed by atoms with van der Waals surface area (Å²) >= 11 is 0. The van der Waals surface area contributed by atoms with Gasteiger partial charge in [-0.05, 0) is 35.6 Å². The summed E-state index contributed by atoms with van der Waals surface area (Å²) in [5.74, 6) is -0.694. The number of rotatable bonds is 3. The van der Waals surface area contributed by atoms with Crippen LogP contribution in [0.2, 0.25) is 0 Å². The van der Waals surface area contributed by atoms with E-state index >= 15 is 0 Å². The van der Waals surface area contributed by atoms with E-state index in [1.807, 2.05) is 30.3 Å². The van der Waals surface area contributed by atoms with E-state index in [2.05, 4.69) is 0 Å². The van der Waals surface area contributed by atoms with Crippen molar-refractivity contribution in [3.05, 3.63) is 71.5 Å². The number of carbonyl (C=O) groups excluding carboxylic acids is 1. The predicted molar refractivity (Wildman–Crippen MR) is 85.8 cm³/mol. The number of carboxylic acid groups (broad SMARTS) is 1. The molecule has 0 aromatic heterocycles. The van der Waals surface area contributed by atoms with Crippen LogP contribution >= 0.6 is 0 Å². The first-order valence-corrected chi connectivity index (χ1v) is 7.98. The van der Waals surface area contributed by atoms with Crippen LogP contribution in [-0.4, -0.2) is 35.3 Å². The van der Waals surface area contributed by atoms with Gasteiger partial charge < -0.3 is 19.9 Å². The number of amides is 1. The third kappa shape index (κ3) is 3.57. The van der Waals surface area contributed by atoms with Crippen LogP contribution in [0.15, 0.2) is 54.6 Å². The van der Waals surface area contributed by atoms with E-state index < -0.39 is 12.2 Å². The number of halogens is 1. The molecule has 0 spiro atoms. The molecule has 1 aliphatic heterocycles. The van der Waals surface area contributed by atoms with E-state index in [9.17, 15) is 19.4 Å². The topological polar surface area (TPSA) is 63.6 Å². The predicted octanol–water partition coefficient (Wildman–Crippen LogP) is 1.79. The minimum atomic E-state index is -1.27. The molecule has 1 amide bonds. The van der Waals surface area contributed by atoms with Crippen LogP contribution in [0.5, 0.6) is 0 Å². The van der Waals surface area contributed by atoms with Crippen LogP contribution < -0.4 is 5.11 Å². The SMILES string of the molecule is O=C([O-])N1CC(O)C(c2ccc(F)cc2)C(Cc2ccccc2)C1. The van der Waals surface area contributed by atoms with Gasteiger partial charge in [0.05, 0.1) is 6.10 Å². The van der Waals surface area contributed by atoms with Gasteiger partial charge in [0, 0.05) is 19.0 Å². The van der Waals surface area contributed by atoms with Crippen molar-refractivity contribution in [2.75, 3.05) is 13.1 Å². The number of carbonyl (C=O) groups is 1. The Morgan fingerprint density at radius 3 is 2.42 bits per heavy atom. The molecule has 2 aromatic carbocycles. The molecule has 0 aliphatic carbocycles. The fourth-order valence-electron chi connectivity index (χ4n) is 3.56. The molecule has 1 N–H and O–H groups in total. The smallest absolute Gasteiger partial charge is 0.137 e. The molecule has 3 unspecified atom stereocenters. The van der Waals surface area contributed by atoms with Crippen LogP contribution in [0.4, 0.5) is 9.18 Å². The van der Waals surface area contributed by atoms with E-state index in [1.165, 1.54) is 12.1 Å². The second kappa shape index (κ2) is 7.01. The van der Waals surface area contributed by atoms with Gasteiger partial charge in [-0.3, -0.25) is 0 Å². The monoisotopic (exact) mass is 328 g/mol. The Bertz CT molecular complexity index is 690. The first-order chi connectivity index (χ1) is 11.5. The number of piperidine rings is 1.